The quantitative estimate of drug-likeness (QED) is 0.634. The van der Waals surface area contributed by atoms with Crippen LogP contribution >= 0.6 is 0 Å². The molecule has 0 bridgehead atoms. The molecule has 3 nitrogen and oxygen atoms in total. The maximum absolute atomic E-state index is 11.6. The van der Waals surface area contributed by atoms with Gasteiger partial charge in [0.15, 0.2) is 0 Å². The van der Waals surface area contributed by atoms with E-state index in [0.29, 0.717) is 13.1 Å². The first-order valence-corrected chi connectivity index (χ1v) is 4.96. The van der Waals surface area contributed by atoms with Gasteiger partial charge in [-0.25, -0.2) is 8.78 Å². The Morgan fingerprint density at radius 2 is 2.07 bits per heavy atom. The number of nitriles is 1. The summed E-state index contributed by atoms with van der Waals surface area (Å²) < 4.78 is 27.9. The van der Waals surface area contributed by atoms with Crippen molar-refractivity contribution in [2.24, 2.45) is 5.41 Å². The van der Waals surface area contributed by atoms with Crippen molar-refractivity contribution in [1.82, 2.24) is 5.32 Å². The van der Waals surface area contributed by atoms with Gasteiger partial charge < -0.3 is 10.1 Å². The Bertz CT molecular complexity index is 202. The monoisotopic (exact) mass is 220 g/mol. The molecule has 0 aliphatic carbocycles. The number of nitrogens with zero attached hydrogens (tertiary/aromatic N) is 1. The van der Waals surface area contributed by atoms with Gasteiger partial charge in [0, 0.05) is 6.54 Å². The first-order chi connectivity index (χ1) is 6.98. The molecule has 0 radical (unpaired) electrons. The minimum absolute atomic E-state index is 0.275. The highest BCUT2D eigenvalue weighted by molar-refractivity contribution is 4.91. The lowest BCUT2D eigenvalue weighted by Crippen LogP contribution is -2.25. The SMILES string of the molecule is CC(C)(C#N)CCNCCOCC(F)F. The van der Waals surface area contributed by atoms with Crippen molar-refractivity contribution >= 4 is 0 Å². The first kappa shape index (κ1) is 14.3. The Hall–Kier alpha value is -0.730. The minimum Gasteiger partial charge on any atom is -0.374 e. The smallest absolute Gasteiger partial charge is 0.261 e. The van der Waals surface area contributed by atoms with E-state index >= 15 is 0 Å². The van der Waals surface area contributed by atoms with Crippen LogP contribution in [0.1, 0.15) is 20.3 Å². The summed E-state index contributed by atoms with van der Waals surface area (Å²) in [6.07, 6.45) is -1.67. The van der Waals surface area contributed by atoms with Gasteiger partial charge in [-0.3, -0.25) is 0 Å². The highest BCUT2D eigenvalue weighted by Gasteiger charge is 2.15. The predicted molar refractivity (Wildman–Crippen MR) is 53.7 cm³/mol. The third kappa shape index (κ3) is 9.57. The number of halogens is 2. The molecule has 1 N–H and O–H groups in total. The van der Waals surface area contributed by atoms with Crippen molar-refractivity contribution < 1.29 is 13.5 Å². The number of rotatable bonds is 8. The number of nitrogens with one attached hydrogen (secondary N) is 1. The maximum atomic E-state index is 11.6. The van der Waals surface area contributed by atoms with Crippen LogP contribution < -0.4 is 5.32 Å². The fraction of sp³-hybridized carbons (Fsp3) is 0.900. The summed E-state index contributed by atoms with van der Waals surface area (Å²) in [6, 6.07) is 2.19. The fourth-order valence-electron chi connectivity index (χ4n) is 0.899. The minimum atomic E-state index is -2.40. The molecule has 0 aromatic rings. The van der Waals surface area contributed by atoms with Gasteiger partial charge in [0.05, 0.1) is 18.1 Å². The second-order valence-corrected chi connectivity index (χ2v) is 3.96. The number of hydrogen-bond acceptors (Lipinski definition) is 3. The van der Waals surface area contributed by atoms with Gasteiger partial charge in [0.25, 0.3) is 6.43 Å². The molecule has 0 spiro atoms. The van der Waals surface area contributed by atoms with E-state index in [1.54, 1.807) is 0 Å². The molecule has 0 aromatic carbocycles. The Kier molecular flexibility index (Phi) is 7.18. The zero-order valence-corrected chi connectivity index (χ0v) is 9.22. The molecule has 0 aromatic heterocycles. The second-order valence-electron chi connectivity index (χ2n) is 3.96. The standard InChI is InChI=1S/C10H18F2N2O/c1-10(2,8-13)3-4-14-5-6-15-7-9(11)12/h9,14H,3-7H2,1-2H3. The van der Waals surface area contributed by atoms with Crippen LogP contribution in [0.5, 0.6) is 0 Å². The second kappa shape index (κ2) is 7.55. The summed E-state index contributed by atoms with van der Waals surface area (Å²) in [5.74, 6) is 0. The lowest BCUT2D eigenvalue weighted by molar-refractivity contribution is 0.0187. The molecule has 0 amide bonds. The Labute approximate surface area is 89.4 Å². The van der Waals surface area contributed by atoms with E-state index < -0.39 is 13.0 Å². The van der Waals surface area contributed by atoms with Gasteiger partial charge in [-0.05, 0) is 26.8 Å². The van der Waals surface area contributed by atoms with E-state index in [-0.39, 0.29) is 12.0 Å². The number of ether oxygens (including phenoxy) is 1. The highest BCUT2D eigenvalue weighted by Crippen LogP contribution is 2.16. The lowest BCUT2D eigenvalue weighted by atomic mass is 9.92. The molecule has 15 heavy (non-hydrogen) atoms. The average Bonchev–Trinajstić information content (AvgIpc) is 2.16. The van der Waals surface area contributed by atoms with E-state index in [9.17, 15) is 8.78 Å². The molecule has 0 atom stereocenters. The van der Waals surface area contributed by atoms with Crippen LogP contribution in [0.2, 0.25) is 0 Å². The zero-order chi connectivity index (χ0) is 11.7. The summed E-state index contributed by atoms with van der Waals surface area (Å²) in [5.41, 5.74) is -0.336. The van der Waals surface area contributed by atoms with Gasteiger partial charge in [-0.15, -0.1) is 0 Å². The van der Waals surface area contributed by atoms with Gasteiger partial charge in [0.2, 0.25) is 0 Å². The van der Waals surface area contributed by atoms with Crippen LogP contribution in [0.3, 0.4) is 0 Å². The molecule has 0 fully saturated rings. The van der Waals surface area contributed by atoms with E-state index in [0.717, 1.165) is 6.42 Å². The molecule has 0 saturated carbocycles. The lowest BCUT2D eigenvalue weighted by Gasteiger charge is -2.14. The zero-order valence-electron chi connectivity index (χ0n) is 9.22. The molecular formula is C10H18F2N2O. The van der Waals surface area contributed by atoms with Crippen LogP contribution in [-0.4, -0.2) is 32.7 Å². The third-order valence-electron chi connectivity index (χ3n) is 1.90. The van der Waals surface area contributed by atoms with E-state index in [1.807, 2.05) is 13.8 Å². The Morgan fingerprint density at radius 1 is 1.40 bits per heavy atom. The van der Waals surface area contributed by atoms with Crippen LogP contribution in [0, 0.1) is 16.7 Å². The molecule has 0 unspecified atom stereocenters. The molecule has 88 valence electrons. The predicted octanol–water partition coefficient (Wildman–Crippen LogP) is 1.80. The van der Waals surface area contributed by atoms with Crippen LogP contribution in [0.4, 0.5) is 8.78 Å². The molecular weight excluding hydrogens is 202 g/mol. The van der Waals surface area contributed by atoms with Crippen molar-refractivity contribution in [1.29, 1.82) is 5.26 Å². The molecule has 0 saturated heterocycles. The fourth-order valence-corrected chi connectivity index (χ4v) is 0.899. The van der Waals surface area contributed by atoms with Crippen LogP contribution in [0.25, 0.3) is 0 Å². The van der Waals surface area contributed by atoms with E-state index in [2.05, 4.69) is 16.1 Å². The van der Waals surface area contributed by atoms with E-state index in [1.165, 1.54) is 0 Å². The molecule has 0 aliphatic rings. The highest BCUT2D eigenvalue weighted by atomic mass is 19.3. The maximum Gasteiger partial charge on any atom is 0.261 e. The van der Waals surface area contributed by atoms with Crippen molar-refractivity contribution in [2.75, 3.05) is 26.3 Å². The summed E-state index contributed by atoms with van der Waals surface area (Å²) in [7, 11) is 0. The topological polar surface area (TPSA) is 45.0 Å². The van der Waals surface area contributed by atoms with Crippen molar-refractivity contribution in [3.63, 3.8) is 0 Å². The largest absolute Gasteiger partial charge is 0.374 e. The van der Waals surface area contributed by atoms with Gasteiger partial charge >= 0.3 is 0 Å². The van der Waals surface area contributed by atoms with Crippen molar-refractivity contribution in [2.45, 2.75) is 26.7 Å². The average molecular weight is 220 g/mol. The summed E-state index contributed by atoms with van der Waals surface area (Å²) in [5, 5.41) is 11.7. The molecule has 0 aliphatic heterocycles. The van der Waals surface area contributed by atoms with Gasteiger partial charge in [-0.1, -0.05) is 0 Å². The Balaban J connectivity index is 3.23. The molecule has 0 rings (SSSR count). The van der Waals surface area contributed by atoms with Gasteiger partial charge in [0.1, 0.15) is 6.61 Å². The number of hydrogen-bond donors (Lipinski definition) is 1. The summed E-state index contributed by atoms with van der Waals surface area (Å²) >= 11 is 0. The molecule has 5 heteroatoms. The normalized spacial score (nSPS) is 11.7. The van der Waals surface area contributed by atoms with Crippen LogP contribution in [-0.2, 0) is 4.74 Å². The van der Waals surface area contributed by atoms with Crippen molar-refractivity contribution in [3.05, 3.63) is 0 Å². The number of alkyl halides is 2. The third-order valence-corrected chi connectivity index (χ3v) is 1.90. The Morgan fingerprint density at radius 3 is 2.60 bits per heavy atom. The molecule has 0 heterocycles. The summed E-state index contributed by atoms with van der Waals surface area (Å²) in [6.45, 7) is 4.72. The summed E-state index contributed by atoms with van der Waals surface area (Å²) in [4.78, 5) is 0. The van der Waals surface area contributed by atoms with Crippen molar-refractivity contribution in [3.8, 4) is 6.07 Å². The van der Waals surface area contributed by atoms with Gasteiger partial charge in [-0.2, -0.15) is 5.26 Å². The van der Waals surface area contributed by atoms with Crippen LogP contribution in [0.15, 0.2) is 0 Å². The van der Waals surface area contributed by atoms with E-state index in [4.69, 9.17) is 5.26 Å². The first-order valence-electron chi connectivity index (χ1n) is 4.96.